The minimum absolute atomic E-state index is 0.0145. The van der Waals surface area contributed by atoms with E-state index in [0.717, 1.165) is 27.7 Å². The Morgan fingerprint density at radius 1 is 1.19 bits per heavy atom. The van der Waals surface area contributed by atoms with Crippen molar-refractivity contribution in [1.29, 1.82) is 0 Å². The number of aromatic nitrogens is 1. The number of benzene rings is 2. The zero-order valence-electron chi connectivity index (χ0n) is 14.7. The van der Waals surface area contributed by atoms with E-state index in [9.17, 15) is 8.42 Å². The smallest absolute Gasteiger partial charge is 0.242 e. The molecule has 0 aliphatic carbocycles. The number of nitrogens with one attached hydrogen (secondary N) is 1. The quantitative estimate of drug-likeness (QED) is 0.283. The van der Waals surface area contributed by atoms with Crippen molar-refractivity contribution in [2.24, 2.45) is 10.9 Å². The number of oxime groups is 1. The van der Waals surface area contributed by atoms with Crippen molar-refractivity contribution in [2.75, 3.05) is 14.1 Å². The van der Waals surface area contributed by atoms with Gasteiger partial charge < -0.3 is 15.9 Å². The summed E-state index contributed by atoms with van der Waals surface area (Å²) < 4.78 is 26.1. The van der Waals surface area contributed by atoms with Gasteiger partial charge in [-0.05, 0) is 42.8 Å². The number of hydrogen-bond donors (Lipinski definition) is 3. The molecule has 26 heavy (non-hydrogen) atoms. The normalized spacial score (nSPS) is 12.8. The van der Waals surface area contributed by atoms with Gasteiger partial charge >= 0.3 is 0 Å². The summed E-state index contributed by atoms with van der Waals surface area (Å²) >= 11 is 0. The molecule has 0 amide bonds. The Labute approximate surface area is 151 Å². The molecule has 0 saturated carbocycles. The number of aryl methyl sites for hydroxylation is 1. The van der Waals surface area contributed by atoms with Gasteiger partial charge in [-0.25, -0.2) is 12.7 Å². The summed E-state index contributed by atoms with van der Waals surface area (Å²) in [6, 6.07) is 12.2. The number of aromatic amines is 1. The van der Waals surface area contributed by atoms with Gasteiger partial charge in [0.05, 0.1) is 4.90 Å². The van der Waals surface area contributed by atoms with E-state index in [1.165, 1.54) is 18.4 Å². The van der Waals surface area contributed by atoms with Crippen LogP contribution in [0.15, 0.2) is 52.5 Å². The predicted molar refractivity (Wildman–Crippen MR) is 102 cm³/mol. The highest BCUT2D eigenvalue weighted by atomic mass is 32.2. The van der Waals surface area contributed by atoms with Gasteiger partial charge in [-0.1, -0.05) is 17.3 Å². The molecule has 136 valence electrons. The molecule has 0 spiro atoms. The average Bonchev–Trinajstić information content (AvgIpc) is 2.95. The lowest BCUT2D eigenvalue weighted by molar-refractivity contribution is 0.318. The molecule has 2 aromatic carbocycles. The van der Waals surface area contributed by atoms with Crippen molar-refractivity contribution in [3.05, 3.63) is 53.7 Å². The maximum absolute atomic E-state index is 12.4. The minimum atomic E-state index is -3.53. The van der Waals surface area contributed by atoms with Gasteiger partial charge in [0.2, 0.25) is 10.0 Å². The molecular weight excluding hydrogens is 352 g/mol. The SMILES string of the molecule is Cc1[nH]c2ccc(/C(N)=N/O)cc2c1-c1cccc(S(=O)(=O)N(C)C)c1. The fourth-order valence-corrected chi connectivity index (χ4v) is 3.89. The summed E-state index contributed by atoms with van der Waals surface area (Å²) in [4.78, 5) is 3.51. The van der Waals surface area contributed by atoms with Crippen molar-refractivity contribution in [3.8, 4) is 11.1 Å². The molecule has 4 N–H and O–H groups in total. The number of sulfonamides is 1. The van der Waals surface area contributed by atoms with E-state index in [1.807, 2.05) is 25.1 Å². The molecule has 0 aliphatic heterocycles. The maximum Gasteiger partial charge on any atom is 0.242 e. The van der Waals surface area contributed by atoms with Crippen LogP contribution in [0.5, 0.6) is 0 Å². The second-order valence-corrected chi connectivity index (χ2v) is 8.34. The zero-order chi connectivity index (χ0) is 19.1. The number of rotatable bonds is 4. The van der Waals surface area contributed by atoms with Crippen LogP contribution in [0.3, 0.4) is 0 Å². The molecule has 7 nitrogen and oxygen atoms in total. The van der Waals surface area contributed by atoms with Crippen LogP contribution in [0.1, 0.15) is 11.3 Å². The fraction of sp³-hybridized carbons (Fsp3) is 0.167. The number of hydrogen-bond acceptors (Lipinski definition) is 4. The van der Waals surface area contributed by atoms with Crippen LogP contribution in [-0.4, -0.2) is 42.8 Å². The summed E-state index contributed by atoms with van der Waals surface area (Å²) in [7, 11) is -0.527. The monoisotopic (exact) mass is 372 g/mol. The first-order valence-electron chi connectivity index (χ1n) is 7.89. The van der Waals surface area contributed by atoms with E-state index in [4.69, 9.17) is 10.9 Å². The lowest BCUT2D eigenvalue weighted by atomic mass is 10.0. The Hall–Kier alpha value is -2.84. The van der Waals surface area contributed by atoms with Crippen LogP contribution in [0, 0.1) is 6.92 Å². The van der Waals surface area contributed by atoms with Crippen LogP contribution in [0.25, 0.3) is 22.0 Å². The molecule has 3 rings (SSSR count). The highest BCUT2D eigenvalue weighted by molar-refractivity contribution is 7.89. The molecule has 8 heteroatoms. The molecule has 0 atom stereocenters. The maximum atomic E-state index is 12.4. The largest absolute Gasteiger partial charge is 0.409 e. The van der Waals surface area contributed by atoms with E-state index >= 15 is 0 Å². The fourth-order valence-electron chi connectivity index (χ4n) is 2.94. The van der Waals surface area contributed by atoms with Crippen molar-refractivity contribution in [2.45, 2.75) is 11.8 Å². The number of nitrogens with two attached hydrogens (primary N) is 1. The van der Waals surface area contributed by atoms with Gasteiger partial charge in [0, 0.05) is 41.8 Å². The van der Waals surface area contributed by atoms with Gasteiger partial charge in [0.1, 0.15) is 0 Å². The first-order valence-corrected chi connectivity index (χ1v) is 9.33. The van der Waals surface area contributed by atoms with E-state index < -0.39 is 10.0 Å². The molecule has 1 heterocycles. The Kier molecular flexibility index (Phi) is 4.47. The van der Waals surface area contributed by atoms with Crippen molar-refractivity contribution in [1.82, 2.24) is 9.29 Å². The molecule has 3 aromatic rings. The molecular formula is C18H20N4O3S. The highest BCUT2D eigenvalue weighted by Crippen LogP contribution is 2.34. The van der Waals surface area contributed by atoms with Gasteiger partial charge in [-0.3, -0.25) is 0 Å². The number of amidine groups is 1. The van der Waals surface area contributed by atoms with E-state index in [-0.39, 0.29) is 10.7 Å². The first-order chi connectivity index (χ1) is 12.3. The topological polar surface area (TPSA) is 112 Å². The first kappa shape index (κ1) is 18.0. The Balaban J connectivity index is 2.24. The van der Waals surface area contributed by atoms with Crippen LogP contribution < -0.4 is 5.73 Å². The zero-order valence-corrected chi connectivity index (χ0v) is 15.5. The van der Waals surface area contributed by atoms with E-state index in [2.05, 4.69) is 10.1 Å². The molecule has 0 saturated heterocycles. The lowest BCUT2D eigenvalue weighted by Crippen LogP contribution is -2.22. The van der Waals surface area contributed by atoms with Crippen LogP contribution in [0.4, 0.5) is 0 Å². The second-order valence-electron chi connectivity index (χ2n) is 6.19. The molecule has 0 radical (unpaired) electrons. The summed E-state index contributed by atoms with van der Waals surface area (Å²) in [5.74, 6) is 0.0145. The highest BCUT2D eigenvalue weighted by Gasteiger charge is 2.19. The predicted octanol–water partition coefficient (Wildman–Crippen LogP) is 2.49. The summed E-state index contributed by atoms with van der Waals surface area (Å²) in [6.45, 7) is 1.92. The van der Waals surface area contributed by atoms with Crippen LogP contribution in [0.2, 0.25) is 0 Å². The van der Waals surface area contributed by atoms with Crippen molar-refractivity contribution in [3.63, 3.8) is 0 Å². The summed E-state index contributed by atoms with van der Waals surface area (Å²) in [5, 5.41) is 12.8. The Morgan fingerprint density at radius 2 is 1.92 bits per heavy atom. The van der Waals surface area contributed by atoms with Gasteiger partial charge in [-0.15, -0.1) is 0 Å². The van der Waals surface area contributed by atoms with Crippen molar-refractivity contribution >= 4 is 26.8 Å². The number of fused-ring (bicyclic) bond motifs is 1. The Morgan fingerprint density at radius 3 is 2.58 bits per heavy atom. The number of nitrogens with zero attached hydrogens (tertiary/aromatic N) is 2. The summed E-state index contributed by atoms with van der Waals surface area (Å²) in [5.41, 5.74) is 9.71. The Bertz CT molecular complexity index is 1110. The average molecular weight is 372 g/mol. The third-order valence-corrected chi connectivity index (χ3v) is 6.10. The molecule has 0 bridgehead atoms. The van der Waals surface area contributed by atoms with Gasteiger partial charge in [0.25, 0.3) is 0 Å². The van der Waals surface area contributed by atoms with Gasteiger partial charge in [-0.2, -0.15) is 0 Å². The molecule has 0 aliphatic rings. The third kappa shape index (κ3) is 2.93. The third-order valence-electron chi connectivity index (χ3n) is 4.29. The van der Waals surface area contributed by atoms with E-state index in [0.29, 0.717) is 5.56 Å². The second kappa shape index (κ2) is 6.47. The van der Waals surface area contributed by atoms with E-state index in [1.54, 1.807) is 24.3 Å². The van der Waals surface area contributed by atoms with Crippen molar-refractivity contribution < 1.29 is 13.6 Å². The molecule has 1 aromatic heterocycles. The van der Waals surface area contributed by atoms with Gasteiger partial charge in [0.15, 0.2) is 5.84 Å². The van der Waals surface area contributed by atoms with Crippen LogP contribution >= 0.6 is 0 Å². The number of H-pyrrole nitrogens is 1. The lowest BCUT2D eigenvalue weighted by Gasteiger charge is -2.12. The standard InChI is InChI=1S/C18H20N4O3S/c1-11-17(12-5-4-6-14(9-12)26(24,25)22(2)3)15-10-13(18(19)21-23)7-8-16(15)20-11/h4-10,20,23H,1-3H3,(H2,19,21). The summed E-state index contributed by atoms with van der Waals surface area (Å²) in [6.07, 6.45) is 0. The van der Waals surface area contributed by atoms with Crippen LogP contribution in [-0.2, 0) is 10.0 Å². The molecule has 0 fully saturated rings. The minimum Gasteiger partial charge on any atom is -0.409 e. The molecule has 0 unspecified atom stereocenters.